The van der Waals surface area contributed by atoms with Crippen LogP contribution in [-0.4, -0.2) is 25.0 Å². The minimum atomic E-state index is -0.359. The first-order valence-electron chi connectivity index (χ1n) is 12.1. The maximum absolute atomic E-state index is 13.6. The maximum atomic E-state index is 13.6. The van der Waals surface area contributed by atoms with Gasteiger partial charge in [-0.25, -0.2) is 4.39 Å². The zero-order valence-electron chi connectivity index (χ0n) is 20.7. The second kappa shape index (κ2) is 9.43. The summed E-state index contributed by atoms with van der Waals surface area (Å²) in [6.45, 7) is 0. The Morgan fingerprint density at radius 2 is 1.68 bits per heavy atom. The van der Waals surface area contributed by atoms with Crippen molar-refractivity contribution >= 4 is 46.3 Å². The Labute approximate surface area is 224 Å². The zero-order chi connectivity index (χ0) is 26.4. The van der Waals surface area contributed by atoms with Crippen LogP contribution in [0.15, 0.2) is 95.4 Å². The Morgan fingerprint density at radius 1 is 0.921 bits per heavy atom. The van der Waals surface area contributed by atoms with Crippen molar-refractivity contribution in [2.45, 2.75) is 0 Å². The average molecular weight is 522 g/mol. The number of furan rings is 1. The number of benzene rings is 4. The van der Waals surface area contributed by atoms with Crippen molar-refractivity contribution in [2.75, 3.05) is 18.4 Å². The van der Waals surface area contributed by atoms with Gasteiger partial charge in [-0.05, 0) is 59.7 Å². The summed E-state index contributed by atoms with van der Waals surface area (Å²) in [7, 11) is 3.43. The van der Waals surface area contributed by atoms with E-state index in [1.807, 2.05) is 43.4 Å². The highest BCUT2D eigenvalue weighted by Gasteiger charge is 2.24. The number of carbonyl (C=O) groups excluding carboxylic acids is 1. The van der Waals surface area contributed by atoms with Gasteiger partial charge in [-0.1, -0.05) is 49.2 Å². The molecule has 1 amide bonds. The molecule has 0 aliphatic carbocycles. The first-order valence-corrected chi connectivity index (χ1v) is 12.5. The van der Waals surface area contributed by atoms with Crippen molar-refractivity contribution in [1.29, 1.82) is 0 Å². The van der Waals surface area contributed by atoms with Crippen LogP contribution in [0.3, 0.4) is 0 Å². The molecule has 0 bridgehead atoms. The first-order chi connectivity index (χ1) is 18.4. The van der Waals surface area contributed by atoms with E-state index in [1.165, 1.54) is 12.1 Å². The van der Waals surface area contributed by atoms with E-state index in [2.05, 4.69) is 53.4 Å². The van der Waals surface area contributed by atoms with Crippen LogP contribution < -0.4 is 9.62 Å². The third-order valence-corrected chi connectivity index (χ3v) is 6.95. The van der Waals surface area contributed by atoms with E-state index >= 15 is 0 Å². The van der Waals surface area contributed by atoms with Crippen LogP contribution in [0.2, 0.25) is 0 Å². The molecule has 4 aromatic carbocycles. The fourth-order valence-corrected chi connectivity index (χ4v) is 5.03. The van der Waals surface area contributed by atoms with Crippen LogP contribution in [0.1, 0.15) is 10.4 Å². The number of thiol groups is 1. The fraction of sp³-hybridized carbons (Fsp3) is 0.0645. The SMILES string of the molecule is CNC(=O)c1c(-c2ccc(F)cc2)oc2cc(N(C)S)c(-c3cccc(-c4cc5ccccc5[nH]4)c3)cc12. The third kappa shape index (κ3) is 4.11. The number of H-pyrrole nitrogens is 1. The molecule has 0 radical (unpaired) electrons. The number of aromatic amines is 1. The van der Waals surface area contributed by atoms with Gasteiger partial charge in [0, 0.05) is 53.3 Å². The Bertz CT molecular complexity index is 1790. The van der Waals surface area contributed by atoms with Crippen molar-refractivity contribution in [3.05, 3.63) is 102 Å². The van der Waals surface area contributed by atoms with Crippen molar-refractivity contribution in [3.8, 4) is 33.7 Å². The van der Waals surface area contributed by atoms with Gasteiger partial charge >= 0.3 is 0 Å². The lowest BCUT2D eigenvalue weighted by Gasteiger charge is -2.17. The van der Waals surface area contributed by atoms with E-state index in [1.54, 1.807) is 23.5 Å². The van der Waals surface area contributed by atoms with E-state index in [9.17, 15) is 9.18 Å². The standard InChI is InChI=1S/C31H24FN3O2S/c1-33-31(36)29-24-16-23(19-7-5-8-20(14-19)26-15-21-6-3-4-9-25(21)34-26)27(35(2)38)17-28(24)37-30(29)18-10-12-22(32)13-11-18/h3-17,34,38H,1-2H3,(H,33,36). The van der Waals surface area contributed by atoms with Gasteiger partial charge < -0.3 is 19.0 Å². The van der Waals surface area contributed by atoms with Crippen LogP contribution in [0.4, 0.5) is 10.1 Å². The summed E-state index contributed by atoms with van der Waals surface area (Å²) in [4.78, 5) is 16.6. The zero-order valence-corrected chi connectivity index (χ0v) is 21.6. The number of aromatic nitrogens is 1. The first kappa shape index (κ1) is 23.9. The normalized spacial score (nSPS) is 11.3. The Balaban J connectivity index is 1.56. The second-order valence-electron chi connectivity index (χ2n) is 9.13. The molecule has 0 saturated heterocycles. The Morgan fingerprint density at radius 3 is 2.42 bits per heavy atom. The van der Waals surface area contributed by atoms with Gasteiger partial charge in [0.15, 0.2) is 0 Å². The summed E-state index contributed by atoms with van der Waals surface area (Å²) in [5.74, 6) is -0.258. The largest absolute Gasteiger partial charge is 0.455 e. The molecule has 5 nitrogen and oxygen atoms in total. The minimum absolute atomic E-state index is 0.284. The molecule has 0 atom stereocenters. The van der Waals surface area contributed by atoms with Crippen molar-refractivity contribution in [1.82, 2.24) is 10.3 Å². The smallest absolute Gasteiger partial charge is 0.255 e. The number of anilines is 1. The highest BCUT2D eigenvalue weighted by molar-refractivity contribution is 7.81. The summed E-state index contributed by atoms with van der Waals surface area (Å²) in [5, 5.41) is 4.52. The lowest BCUT2D eigenvalue weighted by Crippen LogP contribution is -2.18. The monoisotopic (exact) mass is 521 g/mol. The topological polar surface area (TPSA) is 61.3 Å². The van der Waals surface area contributed by atoms with Gasteiger partial charge in [0.1, 0.15) is 17.2 Å². The number of nitrogens with one attached hydrogen (secondary N) is 2. The van der Waals surface area contributed by atoms with Gasteiger partial charge in [-0.15, -0.1) is 0 Å². The molecular weight excluding hydrogens is 497 g/mol. The quantitative estimate of drug-likeness (QED) is 0.204. The van der Waals surface area contributed by atoms with Crippen molar-refractivity contribution in [3.63, 3.8) is 0 Å². The molecule has 6 rings (SSSR count). The highest BCUT2D eigenvalue weighted by Crippen LogP contribution is 2.42. The molecule has 0 spiro atoms. The summed E-state index contributed by atoms with van der Waals surface area (Å²) in [5.41, 5.74) is 7.36. The molecule has 6 aromatic rings. The number of fused-ring (bicyclic) bond motifs is 2. The van der Waals surface area contributed by atoms with E-state index in [4.69, 9.17) is 4.42 Å². The van der Waals surface area contributed by atoms with E-state index in [0.717, 1.165) is 39.0 Å². The fourth-order valence-electron chi connectivity index (χ4n) is 4.87. The van der Waals surface area contributed by atoms with Crippen LogP contribution in [0.25, 0.3) is 55.6 Å². The summed E-state index contributed by atoms with van der Waals surface area (Å²) in [6.07, 6.45) is 0. The summed E-state index contributed by atoms with van der Waals surface area (Å²) < 4.78 is 21.5. The van der Waals surface area contributed by atoms with Gasteiger partial charge in [0.25, 0.3) is 5.91 Å². The lowest BCUT2D eigenvalue weighted by molar-refractivity contribution is 0.0964. The minimum Gasteiger partial charge on any atom is -0.455 e. The van der Waals surface area contributed by atoms with Gasteiger partial charge in [0.2, 0.25) is 0 Å². The van der Waals surface area contributed by atoms with Crippen LogP contribution >= 0.6 is 12.8 Å². The van der Waals surface area contributed by atoms with Gasteiger partial charge in [-0.2, -0.15) is 0 Å². The lowest BCUT2D eigenvalue weighted by atomic mass is 9.97. The molecule has 0 unspecified atom stereocenters. The molecule has 188 valence electrons. The van der Waals surface area contributed by atoms with Crippen molar-refractivity contribution < 1.29 is 13.6 Å². The average Bonchev–Trinajstić information content (AvgIpc) is 3.54. The van der Waals surface area contributed by atoms with E-state index in [-0.39, 0.29) is 11.7 Å². The maximum Gasteiger partial charge on any atom is 0.255 e. The van der Waals surface area contributed by atoms with Crippen LogP contribution in [0, 0.1) is 5.82 Å². The number of rotatable bonds is 5. The van der Waals surface area contributed by atoms with E-state index < -0.39 is 0 Å². The molecular formula is C31H24FN3O2S. The van der Waals surface area contributed by atoms with Crippen LogP contribution in [0.5, 0.6) is 0 Å². The molecule has 2 aromatic heterocycles. The number of nitrogens with zero attached hydrogens (tertiary/aromatic N) is 1. The Kier molecular flexibility index (Phi) is 5.93. The molecule has 0 fully saturated rings. The van der Waals surface area contributed by atoms with Crippen LogP contribution in [-0.2, 0) is 0 Å². The molecule has 2 heterocycles. The number of amides is 1. The number of hydrogen-bond donors (Lipinski definition) is 3. The number of halogens is 1. The number of hydrogen-bond acceptors (Lipinski definition) is 4. The molecule has 7 heteroatoms. The molecule has 0 aliphatic heterocycles. The summed E-state index contributed by atoms with van der Waals surface area (Å²) in [6, 6.07) is 28.3. The van der Waals surface area contributed by atoms with Crippen molar-refractivity contribution in [2.24, 2.45) is 0 Å². The predicted octanol–water partition coefficient (Wildman–Crippen LogP) is 7.69. The highest BCUT2D eigenvalue weighted by atomic mass is 32.1. The predicted molar refractivity (Wildman–Crippen MR) is 155 cm³/mol. The molecule has 38 heavy (non-hydrogen) atoms. The Hall–Kier alpha value is -4.49. The molecule has 0 saturated carbocycles. The number of para-hydroxylation sites is 1. The van der Waals surface area contributed by atoms with Gasteiger partial charge in [0.05, 0.1) is 11.3 Å². The summed E-state index contributed by atoms with van der Waals surface area (Å²) >= 11 is 4.60. The molecule has 0 aliphatic rings. The third-order valence-electron chi connectivity index (χ3n) is 6.73. The number of carbonyl (C=O) groups is 1. The van der Waals surface area contributed by atoms with E-state index in [0.29, 0.717) is 27.9 Å². The van der Waals surface area contributed by atoms with Gasteiger partial charge in [-0.3, -0.25) is 4.79 Å². The second-order valence-corrected chi connectivity index (χ2v) is 9.73. The molecule has 2 N–H and O–H groups in total.